The summed E-state index contributed by atoms with van der Waals surface area (Å²) in [7, 11) is 0. The average molecular weight is 536 g/mol. The third-order valence-corrected chi connectivity index (χ3v) is 6.57. The van der Waals surface area contributed by atoms with Crippen LogP contribution in [0, 0.1) is 11.7 Å². The lowest BCUT2D eigenvalue weighted by Gasteiger charge is -2.25. The summed E-state index contributed by atoms with van der Waals surface area (Å²) < 4.78 is 26.3. The minimum Gasteiger partial charge on any atom is -0.494 e. The molecule has 0 N–H and O–H groups in total. The van der Waals surface area contributed by atoms with E-state index in [0.717, 1.165) is 10.9 Å². The van der Waals surface area contributed by atoms with E-state index in [0.29, 0.717) is 40.5 Å². The molecule has 35 heavy (non-hydrogen) atoms. The Kier molecular flexibility index (Phi) is 6.19. The van der Waals surface area contributed by atoms with Gasteiger partial charge in [-0.3, -0.25) is 14.5 Å². The summed E-state index contributed by atoms with van der Waals surface area (Å²) in [5.74, 6) is 0.273. The van der Waals surface area contributed by atoms with Gasteiger partial charge in [0.2, 0.25) is 5.76 Å². The fraction of sp³-hybridized carbons (Fsp3) is 0.214. The van der Waals surface area contributed by atoms with Crippen LogP contribution in [-0.2, 0) is 0 Å². The largest absolute Gasteiger partial charge is 0.494 e. The number of ether oxygens (including phenoxy) is 1. The highest BCUT2D eigenvalue weighted by atomic mass is 79.9. The third-order valence-electron chi connectivity index (χ3n) is 6.07. The first-order valence-corrected chi connectivity index (χ1v) is 12.2. The molecule has 4 aromatic rings. The quantitative estimate of drug-likeness (QED) is 0.270. The van der Waals surface area contributed by atoms with Gasteiger partial charge in [0, 0.05) is 10.2 Å². The summed E-state index contributed by atoms with van der Waals surface area (Å²) in [5, 5.41) is 0.376. The Bertz CT molecular complexity index is 1480. The maximum atomic E-state index is 13.7. The molecular weight excluding hydrogens is 513 g/mol. The van der Waals surface area contributed by atoms with Crippen LogP contribution in [0.2, 0.25) is 0 Å². The number of nitrogens with zero attached hydrogens (tertiary/aromatic N) is 1. The van der Waals surface area contributed by atoms with Gasteiger partial charge in [-0.05, 0) is 72.5 Å². The number of carbonyl (C=O) groups excluding carboxylic acids is 1. The lowest BCUT2D eigenvalue weighted by atomic mass is 9.98. The molecule has 178 valence electrons. The van der Waals surface area contributed by atoms with Crippen molar-refractivity contribution in [2.45, 2.75) is 26.3 Å². The highest BCUT2D eigenvalue weighted by Gasteiger charge is 2.43. The monoisotopic (exact) mass is 535 g/mol. The van der Waals surface area contributed by atoms with E-state index in [1.165, 1.54) is 29.2 Å². The number of benzene rings is 3. The number of hydrogen-bond donors (Lipinski definition) is 0. The number of carbonyl (C=O) groups is 1. The van der Waals surface area contributed by atoms with Gasteiger partial charge in [-0.1, -0.05) is 41.9 Å². The Morgan fingerprint density at radius 1 is 1.06 bits per heavy atom. The Morgan fingerprint density at radius 2 is 1.83 bits per heavy atom. The van der Waals surface area contributed by atoms with Crippen LogP contribution < -0.4 is 15.1 Å². The molecule has 0 fully saturated rings. The molecule has 0 aliphatic carbocycles. The van der Waals surface area contributed by atoms with E-state index < -0.39 is 17.8 Å². The van der Waals surface area contributed by atoms with Gasteiger partial charge in [-0.15, -0.1) is 0 Å². The van der Waals surface area contributed by atoms with E-state index >= 15 is 0 Å². The fourth-order valence-electron chi connectivity index (χ4n) is 4.32. The second-order valence-corrected chi connectivity index (χ2v) is 9.89. The van der Waals surface area contributed by atoms with Crippen molar-refractivity contribution in [1.29, 1.82) is 0 Å². The molecule has 1 aliphatic rings. The normalized spacial score (nSPS) is 15.2. The van der Waals surface area contributed by atoms with Crippen molar-refractivity contribution in [3.63, 3.8) is 0 Å². The maximum absolute atomic E-state index is 13.7. The molecule has 0 radical (unpaired) electrons. The van der Waals surface area contributed by atoms with Gasteiger partial charge in [0.05, 0.1) is 23.6 Å². The molecule has 1 aliphatic heterocycles. The lowest BCUT2D eigenvalue weighted by molar-refractivity contribution is 0.0971. The van der Waals surface area contributed by atoms with E-state index in [1.807, 2.05) is 24.3 Å². The van der Waals surface area contributed by atoms with Crippen LogP contribution in [-0.4, -0.2) is 12.5 Å². The molecule has 5 rings (SSSR count). The number of fused-ring (bicyclic) bond motifs is 2. The average Bonchev–Trinajstić information content (AvgIpc) is 3.13. The van der Waals surface area contributed by atoms with Crippen LogP contribution in [0.25, 0.3) is 11.0 Å². The molecule has 0 bridgehead atoms. The molecule has 7 heteroatoms. The molecule has 1 unspecified atom stereocenters. The number of anilines is 1. The summed E-state index contributed by atoms with van der Waals surface area (Å²) in [6, 6.07) is 17.4. The third kappa shape index (κ3) is 4.36. The van der Waals surface area contributed by atoms with Gasteiger partial charge >= 0.3 is 0 Å². The first-order chi connectivity index (χ1) is 16.8. The smallest absolute Gasteiger partial charge is 0.295 e. The molecule has 0 spiro atoms. The van der Waals surface area contributed by atoms with E-state index in [4.69, 9.17) is 9.15 Å². The van der Waals surface area contributed by atoms with Crippen LogP contribution in [0.4, 0.5) is 10.1 Å². The zero-order chi connectivity index (χ0) is 24.7. The summed E-state index contributed by atoms with van der Waals surface area (Å²) >= 11 is 3.41. The fourth-order valence-corrected chi connectivity index (χ4v) is 4.68. The van der Waals surface area contributed by atoms with Crippen molar-refractivity contribution in [3.8, 4) is 5.75 Å². The van der Waals surface area contributed by atoms with Crippen LogP contribution in [0.5, 0.6) is 5.75 Å². The first kappa shape index (κ1) is 23.3. The molecule has 0 saturated heterocycles. The second-order valence-electron chi connectivity index (χ2n) is 8.97. The van der Waals surface area contributed by atoms with Crippen LogP contribution >= 0.6 is 15.9 Å². The maximum Gasteiger partial charge on any atom is 0.295 e. The first-order valence-electron chi connectivity index (χ1n) is 11.4. The topological polar surface area (TPSA) is 59.8 Å². The van der Waals surface area contributed by atoms with Gasteiger partial charge in [-0.2, -0.15) is 0 Å². The molecule has 5 nitrogen and oxygen atoms in total. The standard InChI is InChI=1S/C28H23BrFNO4/c1-16(2)12-13-34-21-5-3-4-17(14-21)25-24-26(32)22-15-18(29)6-11-23(22)35-27(24)28(33)31(25)20-9-7-19(30)8-10-20/h3-11,14-16,25H,12-13H2,1-2H3. The minimum absolute atomic E-state index is 0.00900. The summed E-state index contributed by atoms with van der Waals surface area (Å²) in [6.07, 6.45) is 0.904. The van der Waals surface area contributed by atoms with Gasteiger partial charge in [0.1, 0.15) is 17.1 Å². The number of rotatable bonds is 6. The van der Waals surface area contributed by atoms with E-state index in [9.17, 15) is 14.0 Å². The zero-order valence-electron chi connectivity index (χ0n) is 19.3. The van der Waals surface area contributed by atoms with Crippen molar-refractivity contribution in [2.24, 2.45) is 5.92 Å². The zero-order valence-corrected chi connectivity index (χ0v) is 20.8. The van der Waals surface area contributed by atoms with Gasteiger partial charge in [0.15, 0.2) is 5.43 Å². The van der Waals surface area contributed by atoms with Gasteiger partial charge < -0.3 is 9.15 Å². The molecule has 2 heterocycles. The predicted molar refractivity (Wildman–Crippen MR) is 137 cm³/mol. The van der Waals surface area contributed by atoms with Crippen molar-refractivity contribution in [2.75, 3.05) is 11.5 Å². The predicted octanol–water partition coefficient (Wildman–Crippen LogP) is 6.87. The number of amides is 1. The van der Waals surface area contributed by atoms with Crippen LogP contribution in [0.3, 0.4) is 0 Å². The molecular formula is C28H23BrFNO4. The van der Waals surface area contributed by atoms with Crippen molar-refractivity contribution in [1.82, 2.24) is 0 Å². The second kappa shape index (κ2) is 9.30. The van der Waals surface area contributed by atoms with E-state index in [1.54, 1.807) is 18.2 Å². The highest BCUT2D eigenvalue weighted by Crippen LogP contribution is 2.42. The lowest BCUT2D eigenvalue weighted by Crippen LogP contribution is -2.29. The molecule has 1 atom stereocenters. The molecule has 1 amide bonds. The molecule has 1 aromatic heterocycles. The highest BCUT2D eigenvalue weighted by molar-refractivity contribution is 9.10. The number of halogens is 2. The van der Waals surface area contributed by atoms with Gasteiger partial charge in [-0.25, -0.2) is 4.39 Å². The number of hydrogen-bond acceptors (Lipinski definition) is 4. The summed E-state index contributed by atoms with van der Waals surface area (Å²) in [5.41, 5.74) is 1.46. The van der Waals surface area contributed by atoms with E-state index in [-0.39, 0.29) is 16.8 Å². The molecule has 3 aromatic carbocycles. The van der Waals surface area contributed by atoms with Crippen LogP contribution in [0.15, 0.2) is 80.4 Å². The Balaban J connectivity index is 1.68. The minimum atomic E-state index is -0.753. The van der Waals surface area contributed by atoms with Crippen molar-refractivity contribution in [3.05, 3.63) is 104 Å². The van der Waals surface area contributed by atoms with Crippen LogP contribution in [0.1, 0.15) is 48.0 Å². The van der Waals surface area contributed by atoms with Crippen molar-refractivity contribution < 1.29 is 18.3 Å². The van der Waals surface area contributed by atoms with Crippen molar-refractivity contribution >= 4 is 38.5 Å². The van der Waals surface area contributed by atoms with E-state index in [2.05, 4.69) is 29.8 Å². The Labute approximate surface area is 210 Å². The SMILES string of the molecule is CC(C)CCOc1cccc(C2c3c(oc4ccc(Br)cc4c3=O)C(=O)N2c2ccc(F)cc2)c1. The Hall–Kier alpha value is -3.45. The summed E-state index contributed by atoms with van der Waals surface area (Å²) in [4.78, 5) is 28.8. The summed E-state index contributed by atoms with van der Waals surface area (Å²) in [6.45, 7) is 4.82. The van der Waals surface area contributed by atoms with Gasteiger partial charge in [0.25, 0.3) is 5.91 Å². The Morgan fingerprint density at radius 3 is 2.57 bits per heavy atom. The molecule has 0 saturated carbocycles.